The van der Waals surface area contributed by atoms with Crippen molar-refractivity contribution in [3.63, 3.8) is 0 Å². The number of benzene rings is 1. The van der Waals surface area contributed by atoms with Gasteiger partial charge in [-0.2, -0.15) is 0 Å². The SMILES string of the molecule is COc1cc(C(=O)N2C[C@H]3CC[C@@H]2[C@@H]3N)cc2nc(-c3cc4cccnc4n3CC3CC3)n(CC3CNC3)c12. The highest BCUT2D eigenvalue weighted by atomic mass is 16.5. The number of methoxy groups -OCH3 is 1. The van der Waals surface area contributed by atoms with E-state index in [0.717, 1.165) is 79.2 Å². The smallest absolute Gasteiger partial charge is 0.254 e. The van der Waals surface area contributed by atoms with E-state index >= 15 is 0 Å². The summed E-state index contributed by atoms with van der Waals surface area (Å²) in [6.07, 6.45) is 6.50. The third-order valence-corrected chi connectivity index (χ3v) is 9.52. The number of aromatic nitrogens is 4. The fourth-order valence-corrected chi connectivity index (χ4v) is 7.08. The highest BCUT2D eigenvalue weighted by Crippen LogP contribution is 2.40. The standard InChI is InChI=1S/C30H35N7O2/c1-39-25-11-21(30(38)36-16-20-6-7-23(36)26(20)31)9-22-27(25)37(15-18-12-32-13-18)29(34-22)24-10-19-3-2-8-33-28(19)35(24)14-17-4-5-17/h2-3,8-11,17-18,20,23,26,32H,4-7,12-16,31H2,1H3/t20-,23-,26-/m1/s1. The van der Waals surface area contributed by atoms with Crippen molar-refractivity contribution in [3.05, 3.63) is 42.1 Å². The number of ether oxygens (including phenoxy) is 1. The lowest BCUT2D eigenvalue weighted by Crippen LogP contribution is -2.44. The van der Waals surface area contributed by atoms with Gasteiger partial charge in [0.25, 0.3) is 5.91 Å². The van der Waals surface area contributed by atoms with Crippen molar-refractivity contribution in [1.29, 1.82) is 0 Å². The van der Waals surface area contributed by atoms with Crippen molar-refractivity contribution in [2.45, 2.75) is 50.9 Å². The molecule has 3 N–H and O–H groups in total. The van der Waals surface area contributed by atoms with Crippen LogP contribution in [0.15, 0.2) is 36.5 Å². The molecule has 9 heteroatoms. The zero-order valence-electron chi connectivity index (χ0n) is 22.3. The molecule has 0 spiro atoms. The van der Waals surface area contributed by atoms with Crippen molar-refractivity contribution in [2.75, 3.05) is 26.7 Å². The predicted molar refractivity (Wildman–Crippen MR) is 150 cm³/mol. The first-order valence-corrected chi connectivity index (χ1v) is 14.4. The highest BCUT2D eigenvalue weighted by Gasteiger charge is 2.47. The maximum absolute atomic E-state index is 13.7. The van der Waals surface area contributed by atoms with E-state index < -0.39 is 0 Å². The number of nitrogens with one attached hydrogen (secondary N) is 1. The summed E-state index contributed by atoms with van der Waals surface area (Å²) in [5.41, 5.74) is 10.9. The average Bonchev–Trinajstić information content (AvgIpc) is 3.28. The molecule has 4 aromatic rings. The molecule has 4 fully saturated rings. The van der Waals surface area contributed by atoms with Crippen LogP contribution in [0, 0.1) is 17.8 Å². The number of amides is 1. The minimum Gasteiger partial charge on any atom is -0.494 e. The van der Waals surface area contributed by atoms with Crippen molar-refractivity contribution in [1.82, 2.24) is 29.3 Å². The number of piperidine rings is 1. The molecule has 2 aliphatic carbocycles. The number of pyridine rings is 1. The molecule has 3 aromatic heterocycles. The molecule has 8 rings (SSSR count). The Morgan fingerprint density at radius 1 is 1.10 bits per heavy atom. The number of carbonyl (C=O) groups is 1. The molecule has 2 saturated carbocycles. The molecular formula is C30H35N7O2. The Morgan fingerprint density at radius 3 is 2.64 bits per heavy atom. The van der Waals surface area contributed by atoms with Crippen LogP contribution in [0.25, 0.3) is 33.6 Å². The number of hydrogen-bond acceptors (Lipinski definition) is 6. The van der Waals surface area contributed by atoms with Gasteiger partial charge in [-0.1, -0.05) is 0 Å². The second-order valence-electron chi connectivity index (χ2n) is 12.1. The molecule has 4 aliphatic rings. The molecule has 39 heavy (non-hydrogen) atoms. The quantitative estimate of drug-likeness (QED) is 0.384. The molecular weight excluding hydrogens is 490 g/mol. The molecule has 0 radical (unpaired) electrons. The monoisotopic (exact) mass is 525 g/mol. The molecule has 0 unspecified atom stereocenters. The third kappa shape index (κ3) is 3.70. The van der Waals surface area contributed by atoms with Crippen molar-refractivity contribution in [3.8, 4) is 17.3 Å². The summed E-state index contributed by atoms with van der Waals surface area (Å²) in [5.74, 6) is 3.26. The van der Waals surface area contributed by atoms with E-state index in [-0.39, 0.29) is 18.0 Å². The molecule has 1 amide bonds. The maximum atomic E-state index is 13.7. The number of likely N-dealkylation sites (tertiary alicyclic amines) is 1. The average molecular weight is 526 g/mol. The fourth-order valence-electron chi connectivity index (χ4n) is 7.08. The Balaban J connectivity index is 1.29. The maximum Gasteiger partial charge on any atom is 0.254 e. The first-order valence-electron chi connectivity index (χ1n) is 14.4. The molecule has 9 nitrogen and oxygen atoms in total. The van der Waals surface area contributed by atoms with Crippen LogP contribution in [0.5, 0.6) is 5.75 Å². The van der Waals surface area contributed by atoms with Gasteiger partial charge in [0.05, 0.1) is 18.3 Å². The van der Waals surface area contributed by atoms with Crippen LogP contribution in [0.2, 0.25) is 0 Å². The van der Waals surface area contributed by atoms with E-state index in [2.05, 4.69) is 26.6 Å². The van der Waals surface area contributed by atoms with Crippen LogP contribution >= 0.6 is 0 Å². The third-order valence-electron chi connectivity index (χ3n) is 9.52. The van der Waals surface area contributed by atoms with Crippen molar-refractivity contribution >= 4 is 28.0 Å². The fraction of sp³-hybridized carbons (Fsp3) is 0.500. The first kappa shape index (κ1) is 23.5. The lowest BCUT2D eigenvalue weighted by atomic mass is 10.0. The molecule has 1 aromatic carbocycles. The Morgan fingerprint density at radius 2 is 1.95 bits per heavy atom. The van der Waals surface area contributed by atoms with Crippen molar-refractivity contribution < 1.29 is 9.53 Å². The highest BCUT2D eigenvalue weighted by molar-refractivity contribution is 6.00. The summed E-state index contributed by atoms with van der Waals surface area (Å²) in [7, 11) is 1.69. The van der Waals surface area contributed by atoms with E-state index in [9.17, 15) is 4.79 Å². The number of imidazole rings is 1. The number of nitrogens with two attached hydrogens (primary N) is 1. The summed E-state index contributed by atoms with van der Waals surface area (Å²) in [5, 5.41) is 4.53. The van der Waals surface area contributed by atoms with Gasteiger partial charge in [0.15, 0.2) is 5.82 Å². The summed E-state index contributed by atoms with van der Waals surface area (Å²) < 4.78 is 10.6. The van der Waals surface area contributed by atoms with Gasteiger partial charge in [-0.05, 0) is 67.9 Å². The Labute approximate surface area is 227 Å². The van der Waals surface area contributed by atoms with Crippen LogP contribution in [0.4, 0.5) is 0 Å². The van der Waals surface area contributed by atoms with Crippen LogP contribution in [-0.4, -0.2) is 68.7 Å². The van der Waals surface area contributed by atoms with Crippen LogP contribution in [0.3, 0.4) is 0 Å². The Hall–Kier alpha value is -3.43. The summed E-state index contributed by atoms with van der Waals surface area (Å²) in [4.78, 5) is 25.7. The molecule has 2 bridgehead atoms. The molecule has 3 atom stereocenters. The number of rotatable bonds is 7. The normalized spacial score (nSPS) is 24.7. The molecule has 5 heterocycles. The second-order valence-corrected chi connectivity index (χ2v) is 12.1. The van der Waals surface area contributed by atoms with Gasteiger partial charge in [0.1, 0.15) is 16.9 Å². The van der Waals surface area contributed by atoms with Gasteiger partial charge < -0.3 is 29.8 Å². The second kappa shape index (κ2) is 8.79. The van der Waals surface area contributed by atoms with Crippen LogP contribution in [-0.2, 0) is 13.1 Å². The number of hydrogen-bond donors (Lipinski definition) is 2. The topological polar surface area (TPSA) is 103 Å². The molecule has 202 valence electrons. The van der Waals surface area contributed by atoms with Crippen LogP contribution in [0.1, 0.15) is 36.0 Å². The molecule has 2 aliphatic heterocycles. The van der Waals surface area contributed by atoms with E-state index in [1.807, 2.05) is 29.3 Å². The molecule has 2 saturated heterocycles. The zero-order chi connectivity index (χ0) is 26.2. The number of fused-ring (bicyclic) bond motifs is 4. The van der Waals surface area contributed by atoms with Gasteiger partial charge in [0, 0.05) is 67.9 Å². The number of carbonyl (C=O) groups excluding carboxylic acids is 1. The van der Waals surface area contributed by atoms with Gasteiger partial charge in [-0.25, -0.2) is 9.97 Å². The zero-order valence-corrected chi connectivity index (χ0v) is 22.3. The van der Waals surface area contributed by atoms with Gasteiger partial charge >= 0.3 is 0 Å². The number of nitrogens with zero attached hydrogens (tertiary/aromatic N) is 5. The van der Waals surface area contributed by atoms with E-state index in [4.69, 9.17) is 20.4 Å². The van der Waals surface area contributed by atoms with Gasteiger partial charge in [0.2, 0.25) is 0 Å². The lowest BCUT2D eigenvalue weighted by Gasteiger charge is -2.29. The largest absolute Gasteiger partial charge is 0.494 e. The Bertz CT molecular complexity index is 1600. The van der Waals surface area contributed by atoms with Crippen molar-refractivity contribution in [2.24, 2.45) is 23.5 Å². The summed E-state index contributed by atoms with van der Waals surface area (Å²) in [6.45, 7) is 4.51. The van der Waals surface area contributed by atoms with Gasteiger partial charge in [-0.3, -0.25) is 4.79 Å². The van der Waals surface area contributed by atoms with Gasteiger partial charge in [-0.15, -0.1) is 0 Å². The minimum absolute atomic E-state index is 0.0317. The first-order chi connectivity index (χ1) is 19.1. The predicted octanol–water partition coefficient (Wildman–Crippen LogP) is 3.25. The summed E-state index contributed by atoms with van der Waals surface area (Å²) in [6, 6.07) is 10.4. The van der Waals surface area contributed by atoms with Crippen LogP contribution < -0.4 is 15.8 Å². The van der Waals surface area contributed by atoms with E-state index in [0.29, 0.717) is 29.1 Å². The summed E-state index contributed by atoms with van der Waals surface area (Å²) >= 11 is 0. The van der Waals surface area contributed by atoms with E-state index in [1.165, 1.54) is 12.8 Å². The lowest BCUT2D eigenvalue weighted by molar-refractivity contribution is 0.0700. The Kier molecular flexibility index (Phi) is 5.29. The van der Waals surface area contributed by atoms with E-state index in [1.54, 1.807) is 7.11 Å². The minimum atomic E-state index is 0.0317.